The summed E-state index contributed by atoms with van der Waals surface area (Å²) in [5.41, 5.74) is 0.430. The van der Waals surface area contributed by atoms with E-state index < -0.39 is 4.92 Å². The van der Waals surface area contributed by atoms with Crippen molar-refractivity contribution in [2.75, 3.05) is 12.4 Å². The number of alkyl halides is 1. The largest absolute Gasteiger partial charge is 0.352 e. The Morgan fingerprint density at radius 1 is 1.24 bits per heavy atom. The summed E-state index contributed by atoms with van der Waals surface area (Å²) in [7, 11) is 0. The normalized spacial score (nSPS) is 21.8. The fraction of sp³-hybridized carbons (Fsp3) is 0.533. The number of nitrogens with zero attached hydrogens (tertiary/aromatic N) is 1. The van der Waals surface area contributed by atoms with Crippen molar-refractivity contribution in [3.63, 3.8) is 0 Å². The van der Waals surface area contributed by atoms with Crippen molar-refractivity contribution in [2.45, 2.75) is 25.7 Å². The lowest BCUT2D eigenvalue weighted by molar-refractivity contribution is -0.384. The van der Waals surface area contributed by atoms with Crippen LogP contribution in [0.1, 0.15) is 36.0 Å². The summed E-state index contributed by atoms with van der Waals surface area (Å²) >= 11 is 5.98. The van der Waals surface area contributed by atoms with Crippen LogP contribution in [-0.2, 0) is 0 Å². The average molecular weight is 311 g/mol. The molecular formula is C15H19ClN2O3. The van der Waals surface area contributed by atoms with E-state index in [1.165, 1.54) is 37.1 Å². The predicted molar refractivity (Wildman–Crippen MR) is 81.6 cm³/mol. The van der Waals surface area contributed by atoms with Gasteiger partial charge in [-0.25, -0.2) is 0 Å². The van der Waals surface area contributed by atoms with Crippen molar-refractivity contribution in [3.05, 3.63) is 39.9 Å². The first-order valence-corrected chi connectivity index (χ1v) is 7.74. The molecule has 6 heteroatoms. The summed E-state index contributed by atoms with van der Waals surface area (Å²) in [6.07, 6.45) is 4.62. The van der Waals surface area contributed by atoms with E-state index in [9.17, 15) is 14.9 Å². The van der Waals surface area contributed by atoms with E-state index in [0.29, 0.717) is 29.8 Å². The van der Waals surface area contributed by atoms with E-state index in [4.69, 9.17) is 11.6 Å². The molecule has 5 nitrogen and oxygen atoms in total. The van der Waals surface area contributed by atoms with Gasteiger partial charge in [0.15, 0.2) is 0 Å². The van der Waals surface area contributed by atoms with Gasteiger partial charge >= 0.3 is 0 Å². The van der Waals surface area contributed by atoms with Crippen LogP contribution in [-0.4, -0.2) is 23.3 Å². The third-order valence-electron chi connectivity index (χ3n) is 4.13. The van der Waals surface area contributed by atoms with Gasteiger partial charge in [0.25, 0.3) is 11.6 Å². The number of hydrogen-bond acceptors (Lipinski definition) is 3. The van der Waals surface area contributed by atoms with Gasteiger partial charge in [-0.3, -0.25) is 14.9 Å². The van der Waals surface area contributed by atoms with Gasteiger partial charge in [-0.2, -0.15) is 0 Å². The third kappa shape index (κ3) is 4.17. The maximum Gasteiger partial charge on any atom is 0.269 e. The Morgan fingerprint density at radius 3 is 2.43 bits per heavy atom. The summed E-state index contributed by atoms with van der Waals surface area (Å²) in [6.45, 7) is 0.618. The van der Waals surface area contributed by atoms with Crippen LogP contribution in [0.15, 0.2) is 24.3 Å². The second-order valence-electron chi connectivity index (χ2n) is 5.47. The molecule has 0 aromatic heterocycles. The summed E-state index contributed by atoms with van der Waals surface area (Å²) in [6, 6.07) is 5.65. The van der Waals surface area contributed by atoms with E-state index in [-0.39, 0.29) is 11.6 Å². The van der Waals surface area contributed by atoms with Gasteiger partial charge in [-0.1, -0.05) is 12.8 Å². The number of hydrogen-bond donors (Lipinski definition) is 1. The van der Waals surface area contributed by atoms with Crippen molar-refractivity contribution >= 4 is 23.2 Å². The minimum atomic E-state index is -0.477. The Labute approximate surface area is 128 Å². The molecule has 0 spiro atoms. The highest BCUT2D eigenvalue weighted by Crippen LogP contribution is 2.30. The number of non-ortho nitro benzene ring substituents is 1. The SMILES string of the molecule is O=C(NCC1CCCCC1CCl)c1ccc([N+](=O)[O-])cc1. The molecule has 114 valence electrons. The van der Waals surface area contributed by atoms with Crippen molar-refractivity contribution < 1.29 is 9.72 Å². The molecule has 2 atom stereocenters. The number of nitro groups is 1. The fourth-order valence-corrected chi connectivity index (χ4v) is 3.22. The van der Waals surface area contributed by atoms with Gasteiger partial charge < -0.3 is 5.32 Å². The quantitative estimate of drug-likeness (QED) is 0.515. The maximum atomic E-state index is 12.0. The molecule has 1 fully saturated rings. The van der Waals surface area contributed by atoms with Crippen LogP contribution < -0.4 is 5.32 Å². The zero-order chi connectivity index (χ0) is 15.2. The average Bonchev–Trinajstić information content (AvgIpc) is 2.52. The van der Waals surface area contributed by atoms with Crippen LogP contribution in [0.4, 0.5) is 5.69 Å². The number of carbonyl (C=O) groups excluding carboxylic acids is 1. The van der Waals surface area contributed by atoms with Crippen molar-refractivity contribution in [3.8, 4) is 0 Å². The Hall–Kier alpha value is -1.62. The van der Waals surface area contributed by atoms with E-state index >= 15 is 0 Å². The molecule has 1 aromatic carbocycles. The van der Waals surface area contributed by atoms with E-state index in [0.717, 1.165) is 12.8 Å². The van der Waals surface area contributed by atoms with Crippen molar-refractivity contribution in [2.24, 2.45) is 11.8 Å². The molecule has 2 rings (SSSR count). The standard InChI is InChI=1S/C15H19ClN2O3/c16-9-12-3-1-2-4-13(12)10-17-15(19)11-5-7-14(8-6-11)18(20)21/h5-8,12-13H,1-4,9-10H2,(H,17,19). The predicted octanol–water partition coefficient (Wildman–Crippen LogP) is 3.37. The highest BCUT2D eigenvalue weighted by atomic mass is 35.5. The molecule has 0 saturated heterocycles. The number of nitro benzene ring substituents is 1. The summed E-state index contributed by atoms with van der Waals surface area (Å²) in [5, 5.41) is 13.5. The Morgan fingerprint density at radius 2 is 1.86 bits per heavy atom. The number of rotatable bonds is 5. The Bertz CT molecular complexity index is 504. The molecule has 0 heterocycles. The molecule has 1 N–H and O–H groups in total. The monoisotopic (exact) mass is 310 g/mol. The maximum absolute atomic E-state index is 12.0. The van der Waals surface area contributed by atoms with E-state index in [2.05, 4.69) is 5.32 Å². The van der Waals surface area contributed by atoms with Gasteiger partial charge in [-0.15, -0.1) is 11.6 Å². The van der Waals surface area contributed by atoms with Gasteiger partial charge in [0, 0.05) is 30.1 Å². The Kier molecular flexibility index (Phi) is 5.56. The molecule has 21 heavy (non-hydrogen) atoms. The molecule has 0 bridgehead atoms. The van der Waals surface area contributed by atoms with Gasteiger partial charge in [0.05, 0.1) is 4.92 Å². The van der Waals surface area contributed by atoms with Crippen molar-refractivity contribution in [1.82, 2.24) is 5.32 Å². The van der Waals surface area contributed by atoms with Crippen LogP contribution in [0, 0.1) is 22.0 Å². The summed E-state index contributed by atoms with van der Waals surface area (Å²) in [5.74, 6) is 1.34. The van der Waals surface area contributed by atoms with Crippen LogP contribution in [0.5, 0.6) is 0 Å². The van der Waals surface area contributed by atoms with Crippen LogP contribution in [0.3, 0.4) is 0 Å². The van der Waals surface area contributed by atoms with Gasteiger partial charge in [0.2, 0.25) is 0 Å². The lowest BCUT2D eigenvalue weighted by atomic mass is 9.80. The lowest BCUT2D eigenvalue weighted by Gasteiger charge is -2.30. The summed E-state index contributed by atoms with van der Waals surface area (Å²) < 4.78 is 0. The highest BCUT2D eigenvalue weighted by molar-refractivity contribution is 6.18. The van der Waals surface area contributed by atoms with E-state index in [1.54, 1.807) is 0 Å². The fourth-order valence-electron chi connectivity index (χ4n) is 2.82. The second kappa shape index (κ2) is 7.41. The Balaban J connectivity index is 1.90. The minimum Gasteiger partial charge on any atom is -0.352 e. The molecule has 1 saturated carbocycles. The number of halogens is 1. The van der Waals surface area contributed by atoms with E-state index in [1.807, 2.05) is 0 Å². The topological polar surface area (TPSA) is 72.2 Å². The van der Waals surface area contributed by atoms with Crippen LogP contribution in [0.25, 0.3) is 0 Å². The number of nitrogens with one attached hydrogen (secondary N) is 1. The molecule has 1 aliphatic rings. The zero-order valence-electron chi connectivity index (χ0n) is 11.8. The molecule has 1 aliphatic carbocycles. The molecule has 2 unspecified atom stereocenters. The minimum absolute atomic E-state index is 0.0129. The summed E-state index contributed by atoms with van der Waals surface area (Å²) in [4.78, 5) is 22.1. The molecule has 0 aliphatic heterocycles. The first-order chi connectivity index (χ1) is 10.1. The third-order valence-corrected chi connectivity index (χ3v) is 4.53. The molecule has 0 radical (unpaired) electrons. The first kappa shape index (κ1) is 15.8. The second-order valence-corrected chi connectivity index (χ2v) is 5.78. The highest BCUT2D eigenvalue weighted by Gasteiger charge is 2.24. The van der Waals surface area contributed by atoms with Crippen LogP contribution in [0.2, 0.25) is 0 Å². The molecule has 1 amide bonds. The van der Waals surface area contributed by atoms with Gasteiger partial charge in [0.1, 0.15) is 0 Å². The molecule has 1 aromatic rings. The number of amides is 1. The smallest absolute Gasteiger partial charge is 0.269 e. The van der Waals surface area contributed by atoms with Gasteiger partial charge in [-0.05, 0) is 36.8 Å². The zero-order valence-corrected chi connectivity index (χ0v) is 12.5. The number of benzene rings is 1. The lowest BCUT2D eigenvalue weighted by Crippen LogP contribution is -2.34. The number of carbonyl (C=O) groups is 1. The van der Waals surface area contributed by atoms with Crippen molar-refractivity contribution in [1.29, 1.82) is 0 Å². The molecular weight excluding hydrogens is 292 g/mol. The first-order valence-electron chi connectivity index (χ1n) is 7.20. The van der Waals surface area contributed by atoms with Crippen LogP contribution >= 0.6 is 11.6 Å².